The van der Waals surface area contributed by atoms with Gasteiger partial charge in [0, 0.05) is 42.8 Å². The summed E-state index contributed by atoms with van der Waals surface area (Å²) in [6.45, 7) is 7.78. The van der Waals surface area contributed by atoms with E-state index >= 15 is 0 Å². The number of aromatic hydroxyl groups is 1. The molecule has 15 nitrogen and oxygen atoms in total. The second-order valence-electron chi connectivity index (χ2n) is 17.6. The second kappa shape index (κ2) is 22.1. The molecule has 15 heteroatoms. The van der Waals surface area contributed by atoms with Gasteiger partial charge in [-0.15, -0.1) is 0 Å². The lowest BCUT2D eigenvalue weighted by molar-refractivity contribution is -0.0336. The lowest BCUT2D eigenvalue weighted by atomic mass is 9.86. The zero-order valence-electron chi connectivity index (χ0n) is 38.2. The van der Waals surface area contributed by atoms with Gasteiger partial charge < -0.3 is 50.3 Å². The van der Waals surface area contributed by atoms with Gasteiger partial charge in [0.15, 0.2) is 0 Å². The fraction of sp³-hybridized carbons (Fsp3) is 0.321. The normalized spacial score (nSPS) is 17.3. The molecule has 5 aromatic carbocycles. The van der Waals surface area contributed by atoms with Gasteiger partial charge in [-0.05, 0) is 122 Å². The summed E-state index contributed by atoms with van der Waals surface area (Å²) in [5.41, 5.74) is 5.00. The maximum Gasteiger partial charge on any atom is 0.408 e. The number of rotatable bonds is 18. The second-order valence-corrected chi connectivity index (χ2v) is 17.6. The van der Waals surface area contributed by atoms with Crippen LogP contribution in [0.3, 0.4) is 0 Å². The van der Waals surface area contributed by atoms with E-state index in [0.29, 0.717) is 40.4 Å². The molecule has 2 bridgehead atoms. The van der Waals surface area contributed by atoms with Gasteiger partial charge in [-0.1, -0.05) is 72.8 Å². The largest absolute Gasteiger partial charge is 0.506 e. The molecule has 0 radical (unpaired) electrons. The summed E-state index contributed by atoms with van der Waals surface area (Å²) < 4.78 is 17.7. The number of benzene rings is 5. The topological polar surface area (TPSA) is 195 Å². The Labute approximate surface area is 395 Å². The van der Waals surface area contributed by atoms with E-state index in [9.17, 15) is 29.4 Å². The van der Waals surface area contributed by atoms with E-state index in [1.54, 1.807) is 41.3 Å². The summed E-state index contributed by atoms with van der Waals surface area (Å²) in [6, 6.07) is 36.8. The molecule has 3 saturated heterocycles. The third kappa shape index (κ3) is 12.0. The van der Waals surface area contributed by atoms with E-state index in [4.69, 9.17) is 14.2 Å². The number of carbonyl (C=O) groups excluding carboxylic acids is 3. The average molecular weight is 923 g/mol. The predicted octanol–water partition coefficient (Wildman–Crippen LogP) is 7.65. The van der Waals surface area contributed by atoms with Crippen LogP contribution >= 0.6 is 0 Å². The van der Waals surface area contributed by atoms with Crippen molar-refractivity contribution < 1.29 is 38.8 Å². The molecule has 6 N–H and O–H groups in total. The van der Waals surface area contributed by atoms with Gasteiger partial charge in [0.25, 0.3) is 0 Å². The molecule has 0 spiro atoms. The van der Waals surface area contributed by atoms with Crippen LogP contribution in [0.4, 0.5) is 15.3 Å². The van der Waals surface area contributed by atoms with Crippen LogP contribution in [0.25, 0.3) is 10.9 Å². The van der Waals surface area contributed by atoms with Crippen molar-refractivity contribution in [2.24, 2.45) is 5.92 Å². The lowest BCUT2D eigenvalue weighted by Gasteiger charge is -2.43. The highest BCUT2D eigenvalue weighted by molar-refractivity contribution is 5.90. The summed E-state index contributed by atoms with van der Waals surface area (Å²) in [7, 11) is 0. The summed E-state index contributed by atoms with van der Waals surface area (Å²) in [5, 5.41) is 30.8. The van der Waals surface area contributed by atoms with E-state index in [-0.39, 0.29) is 61.3 Å². The number of carbonyl (C=O) groups is 3. The first-order valence-corrected chi connectivity index (χ1v) is 23.1. The van der Waals surface area contributed by atoms with Crippen LogP contribution in [0, 0.1) is 5.92 Å². The maximum atomic E-state index is 13.3. The molecule has 3 aliphatic rings. The fourth-order valence-electron chi connectivity index (χ4n) is 8.85. The predicted molar refractivity (Wildman–Crippen MR) is 259 cm³/mol. The number of alkyl carbamates (subject to hydrolysis) is 1. The minimum Gasteiger partial charge on any atom is -0.506 e. The molecule has 0 saturated carbocycles. The standard InChI is InChI=1S/C53H58N6O9/c1-34(2)59(52(64)55-41-17-13-35(14-18-41)30-54-31-46(61)43-19-21-45(60)50-44(43)20-22-48(62)56-50)27-28-66-51(63)39-15-11-36(12-16-39)33-67-42-10-6-9-40(29-42)49(38-7-4-3-5-8-38)57-53(65)68-47-32-58-25-23-37(47)24-26-58/h3-22,29,34,37,46-47,49,54,60-61H,23-28,30-33H2,1-2H3,(H,55,64)(H,56,62)(H,57,65)/t46-,47+,49?/m1/s1. The first-order chi connectivity index (χ1) is 33.0. The maximum absolute atomic E-state index is 13.3. The Morgan fingerprint density at radius 2 is 1.59 bits per heavy atom. The molecule has 68 heavy (non-hydrogen) atoms. The van der Waals surface area contributed by atoms with Crippen LogP contribution in [0.15, 0.2) is 132 Å². The first-order valence-electron chi connectivity index (χ1n) is 23.1. The number of fused-ring (bicyclic) bond motifs is 4. The average Bonchev–Trinajstić information content (AvgIpc) is 3.35. The van der Waals surface area contributed by atoms with E-state index in [0.717, 1.165) is 54.7 Å². The number of hydrogen-bond donors (Lipinski definition) is 6. The van der Waals surface area contributed by atoms with Crippen LogP contribution in [0.5, 0.6) is 11.5 Å². The van der Waals surface area contributed by atoms with Crippen LogP contribution < -0.4 is 26.2 Å². The number of urea groups is 1. The number of amides is 3. The Kier molecular flexibility index (Phi) is 15.3. The van der Waals surface area contributed by atoms with E-state index in [1.165, 1.54) is 12.1 Å². The van der Waals surface area contributed by atoms with Crippen molar-refractivity contribution in [2.75, 3.05) is 44.6 Å². The number of piperidine rings is 3. The van der Waals surface area contributed by atoms with Crippen molar-refractivity contribution in [2.45, 2.75) is 64.1 Å². The number of phenolic OH excluding ortho intramolecular Hbond substituents is 1. The first kappa shape index (κ1) is 47.3. The van der Waals surface area contributed by atoms with Crippen molar-refractivity contribution in [1.29, 1.82) is 0 Å². The number of ether oxygens (including phenoxy) is 3. The quantitative estimate of drug-likeness (QED) is 0.0464. The molecule has 0 aliphatic carbocycles. The zero-order valence-corrected chi connectivity index (χ0v) is 38.2. The van der Waals surface area contributed by atoms with E-state index in [2.05, 4.69) is 25.8 Å². The van der Waals surface area contributed by atoms with Gasteiger partial charge >= 0.3 is 18.1 Å². The molecule has 3 atom stereocenters. The van der Waals surface area contributed by atoms with Crippen molar-refractivity contribution >= 4 is 34.7 Å². The van der Waals surface area contributed by atoms with Crippen molar-refractivity contribution in [1.82, 2.24) is 25.4 Å². The molecule has 1 aromatic heterocycles. The molecule has 9 rings (SSSR count). The third-order valence-corrected chi connectivity index (χ3v) is 12.6. The molecule has 1 unspecified atom stereocenters. The molecule has 3 amide bonds. The van der Waals surface area contributed by atoms with E-state index in [1.807, 2.05) is 92.7 Å². The van der Waals surface area contributed by atoms with Crippen molar-refractivity contribution in [3.63, 3.8) is 0 Å². The minimum atomic E-state index is -0.893. The van der Waals surface area contributed by atoms with Gasteiger partial charge in [-0.25, -0.2) is 14.4 Å². The Hall–Kier alpha value is -7.20. The number of phenols is 1. The highest BCUT2D eigenvalue weighted by atomic mass is 16.6. The molecular weight excluding hydrogens is 865 g/mol. The highest BCUT2D eigenvalue weighted by Crippen LogP contribution is 2.32. The minimum absolute atomic E-state index is 0.00374. The van der Waals surface area contributed by atoms with E-state index < -0.39 is 24.2 Å². The van der Waals surface area contributed by atoms with Gasteiger partial charge in [0.2, 0.25) is 5.56 Å². The number of aromatic nitrogens is 1. The fourth-order valence-corrected chi connectivity index (χ4v) is 8.85. The number of esters is 1. The van der Waals surface area contributed by atoms with Gasteiger partial charge in [-0.2, -0.15) is 0 Å². The van der Waals surface area contributed by atoms with Crippen molar-refractivity contribution in [3.8, 4) is 11.5 Å². The van der Waals surface area contributed by atoms with Crippen LogP contribution in [0.1, 0.15) is 77.0 Å². The monoisotopic (exact) mass is 922 g/mol. The van der Waals surface area contributed by atoms with Crippen molar-refractivity contribution in [3.05, 3.63) is 171 Å². The number of aromatic amines is 1. The molecule has 354 valence electrons. The zero-order chi connectivity index (χ0) is 47.6. The van der Waals surface area contributed by atoms with Crippen LogP contribution in [-0.2, 0) is 22.6 Å². The Morgan fingerprint density at radius 1 is 0.853 bits per heavy atom. The number of anilines is 1. The Bertz CT molecular complexity index is 2720. The Morgan fingerprint density at radius 3 is 2.31 bits per heavy atom. The Balaban J connectivity index is 0.777. The molecule has 4 heterocycles. The molecule has 3 fully saturated rings. The SMILES string of the molecule is CC(C)N(CCOC(=O)c1ccc(COc2cccc(C(NC(=O)O[C@H]3CN4CCC3CC4)c3ccccc3)c2)cc1)C(=O)Nc1ccc(CNC[C@@H](O)c2ccc(O)c3[nH]c(=O)ccc23)cc1. The number of nitrogens with zero attached hydrogens (tertiary/aromatic N) is 2. The smallest absolute Gasteiger partial charge is 0.408 e. The number of aliphatic hydroxyl groups excluding tert-OH is 1. The number of pyridine rings is 1. The van der Waals surface area contributed by atoms with Gasteiger partial charge in [0.1, 0.15) is 30.8 Å². The summed E-state index contributed by atoms with van der Waals surface area (Å²) in [4.78, 5) is 57.9. The summed E-state index contributed by atoms with van der Waals surface area (Å²) >= 11 is 0. The highest BCUT2D eigenvalue weighted by Gasteiger charge is 2.37. The number of H-pyrrole nitrogens is 1. The summed E-state index contributed by atoms with van der Waals surface area (Å²) in [5.74, 6) is 0.450. The number of hydrogen-bond acceptors (Lipinski definition) is 11. The third-order valence-electron chi connectivity index (χ3n) is 12.6. The van der Waals surface area contributed by atoms with Crippen LogP contribution in [-0.4, -0.2) is 94.6 Å². The number of aliphatic hydroxyl groups is 1. The molecule has 3 aliphatic heterocycles. The van der Waals surface area contributed by atoms with Gasteiger partial charge in [-0.3, -0.25) is 9.69 Å². The molecule has 6 aromatic rings. The number of nitrogens with one attached hydrogen (secondary N) is 4. The molecular formula is C53H58N6O9. The lowest BCUT2D eigenvalue weighted by Crippen LogP contribution is -2.52. The summed E-state index contributed by atoms with van der Waals surface area (Å²) in [6.07, 6.45) is 0.677. The van der Waals surface area contributed by atoms with Crippen LogP contribution in [0.2, 0.25) is 0 Å². The van der Waals surface area contributed by atoms with Gasteiger partial charge in [0.05, 0.1) is 29.8 Å².